The summed E-state index contributed by atoms with van der Waals surface area (Å²) in [5, 5.41) is 13.1. The van der Waals surface area contributed by atoms with Gasteiger partial charge in [-0.25, -0.2) is 0 Å². The number of nitrogens with zero attached hydrogens (tertiary/aromatic N) is 3. The molecule has 5 aliphatic rings. The van der Waals surface area contributed by atoms with E-state index in [4.69, 9.17) is 0 Å². The van der Waals surface area contributed by atoms with Crippen LogP contribution in [-0.4, -0.2) is 59.5 Å². The highest BCUT2D eigenvalue weighted by molar-refractivity contribution is 5.96. The van der Waals surface area contributed by atoms with Crippen molar-refractivity contribution in [2.24, 2.45) is 23.2 Å². The first-order chi connectivity index (χ1) is 20.3. The second-order valence-electron chi connectivity index (χ2n) is 13.4. The van der Waals surface area contributed by atoms with Crippen molar-refractivity contribution in [3.05, 3.63) is 77.6 Å². The predicted molar refractivity (Wildman–Crippen MR) is 164 cm³/mol. The molecule has 4 aliphatic carbocycles. The number of aromatic hydroxyl groups is 1. The number of piperazine rings is 1. The smallest absolute Gasteiger partial charge is 0.253 e. The van der Waals surface area contributed by atoms with Crippen molar-refractivity contribution in [2.45, 2.75) is 45.4 Å². The average Bonchev–Trinajstić information content (AvgIpc) is 2.99. The first kappa shape index (κ1) is 27.0. The number of pyridine rings is 1. The second-order valence-corrected chi connectivity index (χ2v) is 13.4. The fourth-order valence-electron chi connectivity index (χ4n) is 8.75. The molecule has 1 aliphatic heterocycles. The van der Waals surface area contributed by atoms with Gasteiger partial charge in [0, 0.05) is 61.3 Å². The van der Waals surface area contributed by atoms with Crippen molar-refractivity contribution in [1.82, 2.24) is 15.2 Å². The van der Waals surface area contributed by atoms with Gasteiger partial charge in [0.1, 0.15) is 5.75 Å². The topological polar surface area (TPSA) is 85.8 Å². The summed E-state index contributed by atoms with van der Waals surface area (Å²) < 4.78 is 0. The van der Waals surface area contributed by atoms with Crippen molar-refractivity contribution in [3.63, 3.8) is 0 Å². The molecule has 0 atom stereocenters. The third kappa shape index (κ3) is 5.25. The molecule has 4 bridgehead atoms. The molecule has 2 amide bonds. The molecule has 1 saturated heterocycles. The number of anilines is 1. The maximum absolute atomic E-state index is 13.3. The van der Waals surface area contributed by atoms with Gasteiger partial charge in [-0.05, 0) is 122 Å². The first-order valence-corrected chi connectivity index (χ1v) is 15.5. The summed E-state index contributed by atoms with van der Waals surface area (Å²) >= 11 is 0. The molecule has 0 spiro atoms. The quantitative estimate of drug-likeness (QED) is 0.403. The van der Waals surface area contributed by atoms with E-state index in [0.29, 0.717) is 24.1 Å². The zero-order valence-electron chi connectivity index (χ0n) is 24.4. The second kappa shape index (κ2) is 10.8. The Hall–Kier alpha value is -3.87. The monoisotopic (exact) mass is 564 g/mol. The molecule has 7 nitrogen and oxygen atoms in total. The van der Waals surface area contributed by atoms with Crippen LogP contribution in [0.1, 0.15) is 64.8 Å². The molecule has 7 heteroatoms. The Balaban J connectivity index is 0.927. The zero-order valence-corrected chi connectivity index (χ0v) is 24.4. The summed E-state index contributed by atoms with van der Waals surface area (Å²) in [6.45, 7) is 5.57. The number of amides is 2. The van der Waals surface area contributed by atoms with Crippen LogP contribution in [0, 0.1) is 30.1 Å². The van der Waals surface area contributed by atoms with Gasteiger partial charge in [0.05, 0.1) is 6.20 Å². The van der Waals surface area contributed by atoms with Gasteiger partial charge in [0.25, 0.3) is 11.8 Å². The summed E-state index contributed by atoms with van der Waals surface area (Å²) in [6.07, 6.45) is 11.3. The average molecular weight is 565 g/mol. The summed E-state index contributed by atoms with van der Waals surface area (Å²) in [4.78, 5) is 34.6. The Bertz CT molecular complexity index is 1460. The Morgan fingerprint density at radius 3 is 2.14 bits per heavy atom. The van der Waals surface area contributed by atoms with Crippen molar-refractivity contribution < 1.29 is 14.7 Å². The molecule has 2 N–H and O–H groups in total. The van der Waals surface area contributed by atoms with Gasteiger partial charge in [-0.3, -0.25) is 14.6 Å². The molecule has 218 valence electrons. The molecular formula is C35H40N4O3. The molecule has 3 aromatic rings. The lowest BCUT2D eigenvalue weighted by atomic mass is 9.49. The Morgan fingerprint density at radius 1 is 0.881 bits per heavy atom. The van der Waals surface area contributed by atoms with E-state index in [1.807, 2.05) is 54.3 Å². The van der Waals surface area contributed by atoms with Gasteiger partial charge in [0.15, 0.2) is 0 Å². The molecule has 8 rings (SSSR count). The van der Waals surface area contributed by atoms with Crippen LogP contribution in [-0.2, 0) is 0 Å². The van der Waals surface area contributed by atoms with Crippen LogP contribution < -0.4 is 10.2 Å². The maximum Gasteiger partial charge on any atom is 0.253 e. The number of nitrogens with one attached hydrogen (secondary N) is 1. The van der Waals surface area contributed by atoms with Crippen LogP contribution in [0.3, 0.4) is 0 Å². The largest absolute Gasteiger partial charge is 0.506 e. The first-order valence-electron chi connectivity index (χ1n) is 15.5. The van der Waals surface area contributed by atoms with Crippen LogP contribution in [0.4, 0.5) is 5.69 Å². The van der Waals surface area contributed by atoms with Gasteiger partial charge in [-0.1, -0.05) is 6.07 Å². The lowest BCUT2D eigenvalue weighted by Gasteiger charge is -2.56. The normalized spacial score (nSPS) is 26.4. The van der Waals surface area contributed by atoms with Crippen LogP contribution in [0.15, 0.2) is 60.9 Å². The number of aromatic nitrogens is 1. The van der Waals surface area contributed by atoms with Gasteiger partial charge in [-0.2, -0.15) is 0 Å². The van der Waals surface area contributed by atoms with Gasteiger partial charge >= 0.3 is 0 Å². The van der Waals surface area contributed by atoms with Crippen LogP contribution >= 0.6 is 0 Å². The van der Waals surface area contributed by atoms with E-state index >= 15 is 0 Å². The highest BCUT2D eigenvalue weighted by Gasteiger charge is 2.50. The number of carbonyl (C=O) groups is 2. The Morgan fingerprint density at radius 2 is 1.52 bits per heavy atom. The highest BCUT2D eigenvalue weighted by atomic mass is 16.3. The summed E-state index contributed by atoms with van der Waals surface area (Å²) in [7, 11) is 0. The molecule has 5 fully saturated rings. The van der Waals surface area contributed by atoms with Gasteiger partial charge in [-0.15, -0.1) is 0 Å². The van der Waals surface area contributed by atoms with E-state index in [1.165, 1.54) is 44.7 Å². The van der Waals surface area contributed by atoms with E-state index in [0.717, 1.165) is 65.3 Å². The van der Waals surface area contributed by atoms with E-state index in [9.17, 15) is 14.7 Å². The van der Waals surface area contributed by atoms with Crippen LogP contribution in [0.2, 0.25) is 0 Å². The lowest BCUT2D eigenvalue weighted by molar-refractivity contribution is -0.0503. The Kier molecular flexibility index (Phi) is 6.91. The minimum Gasteiger partial charge on any atom is -0.506 e. The third-order valence-electron chi connectivity index (χ3n) is 10.4. The molecule has 0 radical (unpaired) electrons. The van der Waals surface area contributed by atoms with Crippen molar-refractivity contribution in [3.8, 4) is 16.9 Å². The van der Waals surface area contributed by atoms with Crippen LogP contribution in [0.25, 0.3) is 11.1 Å². The SMILES string of the molecule is Cc1cc(C(=O)N2CCN(c3ccc(C(=O)NCC45CC6CC(CC(C6)C4)C5)cc3)CC2)ccc1-c1cncc(O)c1. The number of benzene rings is 2. The van der Waals surface area contributed by atoms with E-state index in [2.05, 4.69) is 15.2 Å². The van der Waals surface area contributed by atoms with E-state index < -0.39 is 0 Å². The highest BCUT2D eigenvalue weighted by Crippen LogP contribution is 2.59. The Labute approximate surface area is 247 Å². The van der Waals surface area contributed by atoms with E-state index in [1.54, 1.807) is 12.3 Å². The number of hydrogen-bond acceptors (Lipinski definition) is 5. The van der Waals surface area contributed by atoms with Crippen molar-refractivity contribution in [1.29, 1.82) is 0 Å². The lowest BCUT2D eigenvalue weighted by Crippen LogP contribution is -2.51. The summed E-state index contributed by atoms with van der Waals surface area (Å²) in [5.41, 5.74) is 5.55. The zero-order chi connectivity index (χ0) is 28.8. The maximum atomic E-state index is 13.3. The van der Waals surface area contributed by atoms with Gasteiger partial charge < -0.3 is 20.2 Å². The van der Waals surface area contributed by atoms with Crippen LogP contribution in [0.5, 0.6) is 5.75 Å². The molecule has 0 unspecified atom stereocenters. The molecular weight excluding hydrogens is 524 g/mol. The number of aryl methyl sites for hydroxylation is 1. The molecule has 4 saturated carbocycles. The van der Waals surface area contributed by atoms with Crippen molar-refractivity contribution >= 4 is 17.5 Å². The summed E-state index contributed by atoms with van der Waals surface area (Å²) in [5.74, 6) is 2.86. The molecule has 2 aromatic carbocycles. The fraction of sp³-hybridized carbons (Fsp3) is 0.457. The predicted octanol–water partition coefficient (Wildman–Crippen LogP) is 5.67. The molecule has 2 heterocycles. The number of carbonyl (C=O) groups excluding carboxylic acids is 2. The van der Waals surface area contributed by atoms with E-state index in [-0.39, 0.29) is 17.6 Å². The third-order valence-corrected chi connectivity index (χ3v) is 10.4. The fourth-order valence-corrected chi connectivity index (χ4v) is 8.75. The number of hydrogen-bond donors (Lipinski definition) is 2. The standard InChI is InChI=1S/C35H40N4O3/c1-23-12-28(4-7-32(23)29-16-31(40)21-36-20-29)34(42)39-10-8-38(9-11-39)30-5-2-27(3-6-30)33(41)37-22-35-17-24-13-25(18-35)15-26(14-24)19-35/h2-7,12,16,20-21,24-26,40H,8-11,13-15,17-19,22H2,1H3,(H,37,41). The summed E-state index contributed by atoms with van der Waals surface area (Å²) in [6, 6.07) is 15.3. The molecule has 1 aromatic heterocycles. The minimum absolute atomic E-state index is 0.0318. The number of rotatable bonds is 6. The van der Waals surface area contributed by atoms with Gasteiger partial charge in [0.2, 0.25) is 0 Å². The minimum atomic E-state index is 0.0318. The van der Waals surface area contributed by atoms with Crippen molar-refractivity contribution in [2.75, 3.05) is 37.6 Å². The molecule has 42 heavy (non-hydrogen) atoms.